The van der Waals surface area contributed by atoms with Crippen LogP contribution >= 0.6 is 11.3 Å². The van der Waals surface area contributed by atoms with Gasteiger partial charge < -0.3 is 20.5 Å². The monoisotopic (exact) mass is 292 g/mol. The average molecular weight is 292 g/mol. The number of ether oxygens (including phenoxy) is 2. The third-order valence-corrected chi connectivity index (χ3v) is 3.48. The number of benzene rings is 1. The third kappa shape index (κ3) is 3.72. The highest BCUT2D eigenvalue weighted by Crippen LogP contribution is 2.22. The number of hydrogen-bond acceptors (Lipinski definition) is 5. The van der Waals surface area contributed by atoms with Gasteiger partial charge in [0.15, 0.2) is 0 Å². The van der Waals surface area contributed by atoms with Crippen LogP contribution in [0.1, 0.15) is 9.67 Å². The molecule has 1 aromatic heterocycles. The van der Waals surface area contributed by atoms with E-state index >= 15 is 0 Å². The molecule has 1 heterocycles. The van der Waals surface area contributed by atoms with E-state index in [9.17, 15) is 4.79 Å². The molecule has 3 N–H and O–H groups in total. The van der Waals surface area contributed by atoms with Crippen molar-refractivity contribution >= 4 is 28.6 Å². The molecule has 2 rings (SSSR count). The summed E-state index contributed by atoms with van der Waals surface area (Å²) < 4.78 is 10.4. The van der Waals surface area contributed by atoms with Crippen molar-refractivity contribution in [1.82, 2.24) is 0 Å². The summed E-state index contributed by atoms with van der Waals surface area (Å²) in [5, 5.41) is 4.58. The standard InChI is InChI=1S/C14H16N2O3S/c1-18-6-7-19-11-4-2-3-10(9-11)16-14(17)13-12(15)5-8-20-13/h2-5,8-9H,6-7,15H2,1H3,(H,16,17). The van der Waals surface area contributed by atoms with Crippen LogP contribution in [0.4, 0.5) is 11.4 Å². The maximum atomic E-state index is 12.0. The fraction of sp³-hybridized carbons (Fsp3) is 0.214. The van der Waals surface area contributed by atoms with Gasteiger partial charge in [-0.25, -0.2) is 0 Å². The van der Waals surface area contributed by atoms with Gasteiger partial charge in [-0.1, -0.05) is 6.07 Å². The van der Waals surface area contributed by atoms with E-state index in [1.807, 2.05) is 12.1 Å². The Morgan fingerprint density at radius 1 is 1.35 bits per heavy atom. The van der Waals surface area contributed by atoms with E-state index in [2.05, 4.69) is 5.32 Å². The van der Waals surface area contributed by atoms with Gasteiger partial charge >= 0.3 is 0 Å². The number of rotatable bonds is 6. The van der Waals surface area contributed by atoms with Gasteiger partial charge in [-0.15, -0.1) is 11.3 Å². The number of amides is 1. The van der Waals surface area contributed by atoms with Gasteiger partial charge in [-0.05, 0) is 23.6 Å². The van der Waals surface area contributed by atoms with Crippen molar-refractivity contribution in [3.63, 3.8) is 0 Å². The predicted octanol–water partition coefficient (Wildman–Crippen LogP) is 2.61. The normalized spacial score (nSPS) is 10.2. The highest BCUT2D eigenvalue weighted by Gasteiger charge is 2.11. The number of nitrogen functional groups attached to an aromatic ring is 1. The Kier molecular flexibility index (Phi) is 4.97. The fourth-order valence-corrected chi connectivity index (χ4v) is 2.31. The third-order valence-electron chi connectivity index (χ3n) is 2.55. The molecule has 6 heteroatoms. The second-order valence-corrected chi connectivity index (χ2v) is 4.94. The lowest BCUT2D eigenvalue weighted by Gasteiger charge is -2.08. The molecule has 0 unspecified atom stereocenters. The quantitative estimate of drug-likeness (QED) is 0.803. The molecular weight excluding hydrogens is 276 g/mol. The van der Waals surface area contributed by atoms with Crippen molar-refractivity contribution in [2.24, 2.45) is 0 Å². The number of carbonyl (C=O) groups is 1. The Morgan fingerprint density at radius 3 is 2.90 bits per heavy atom. The van der Waals surface area contributed by atoms with Crippen LogP contribution in [0.2, 0.25) is 0 Å². The van der Waals surface area contributed by atoms with Crippen LogP contribution in [0.15, 0.2) is 35.7 Å². The molecule has 0 aliphatic rings. The number of nitrogens with two attached hydrogens (primary N) is 1. The average Bonchev–Trinajstić information content (AvgIpc) is 2.86. The molecule has 106 valence electrons. The van der Waals surface area contributed by atoms with Crippen LogP contribution in [0.5, 0.6) is 5.75 Å². The van der Waals surface area contributed by atoms with Crippen LogP contribution in [0.3, 0.4) is 0 Å². The number of nitrogens with one attached hydrogen (secondary N) is 1. The van der Waals surface area contributed by atoms with Gasteiger partial charge in [-0.2, -0.15) is 0 Å². The molecule has 1 amide bonds. The van der Waals surface area contributed by atoms with Gasteiger partial charge in [-0.3, -0.25) is 4.79 Å². The minimum absolute atomic E-state index is 0.216. The number of carbonyl (C=O) groups excluding carboxylic acids is 1. The SMILES string of the molecule is COCCOc1cccc(NC(=O)c2sccc2N)c1. The number of methoxy groups -OCH3 is 1. The summed E-state index contributed by atoms with van der Waals surface area (Å²) >= 11 is 1.31. The van der Waals surface area contributed by atoms with Crippen LogP contribution in [0, 0.1) is 0 Å². The zero-order valence-electron chi connectivity index (χ0n) is 11.1. The molecule has 0 aliphatic heterocycles. The van der Waals surface area contributed by atoms with Crippen LogP contribution in [-0.2, 0) is 4.74 Å². The number of hydrogen-bond donors (Lipinski definition) is 2. The second-order valence-electron chi connectivity index (χ2n) is 4.03. The van der Waals surface area contributed by atoms with Crippen LogP contribution in [0.25, 0.3) is 0 Å². The second kappa shape index (κ2) is 6.93. The van der Waals surface area contributed by atoms with Crippen molar-refractivity contribution in [3.05, 3.63) is 40.6 Å². The minimum Gasteiger partial charge on any atom is -0.491 e. The molecular formula is C14H16N2O3S. The summed E-state index contributed by atoms with van der Waals surface area (Å²) in [6.07, 6.45) is 0. The maximum Gasteiger partial charge on any atom is 0.267 e. The smallest absolute Gasteiger partial charge is 0.267 e. The van der Waals surface area contributed by atoms with Crippen LogP contribution in [-0.4, -0.2) is 26.2 Å². The van der Waals surface area contributed by atoms with E-state index < -0.39 is 0 Å². The first-order chi connectivity index (χ1) is 9.70. The molecule has 0 atom stereocenters. The first-order valence-electron chi connectivity index (χ1n) is 6.07. The lowest BCUT2D eigenvalue weighted by molar-refractivity contribution is 0.103. The van der Waals surface area contributed by atoms with Crippen molar-refractivity contribution in [3.8, 4) is 5.75 Å². The molecule has 0 spiro atoms. The minimum atomic E-state index is -0.216. The van der Waals surface area contributed by atoms with E-state index in [1.54, 1.807) is 30.7 Å². The molecule has 0 saturated heterocycles. The Balaban J connectivity index is 2.01. The molecule has 2 aromatic rings. The van der Waals surface area contributed by atoms with Crippen molar-refractivity contribution < 1.29 is 14.3 Å². The summed E-state index contributed by atoms with van der Waals surface area (Å²) in [5.74, 6) is 0.463. The van der Waals surface area contributed by atoms with Gasteiger partial charge in [0.1, 0.15) is 17.2 Å². The topological polar surface area (TPSA) is 73.6 Å². The first kappa shape index (κ1) is 14.4. The highest BCUT2D eigenvalue weighted by molar-refractivity contribution is 7.12. The van der Waals surface area contributed by atoms with E-state index in [-0.39, 0.29) is 5.91 Å². The Hall–Kier alpha value is -2.05. The molecule has 20 heavy (non-hydrogen) atoms. The van der Waals surface area contributed by atoms with E-state index in [1.165, 1.54) is 11.3 Å². The van der Waals surface area contributed by atoms with E-state index in [0.717, 1.165) is 0 Å². The van der Waals surface area contributed by atoms with Crippen molar-refractivity contribution in [2.75, 3.05) is 31.4 Å². The molecule has 0 aliphatic carbocycles. The molecule has 0 fully saturated rings. The first-order valence-corrected chi connectivity index (χ1v) is 6.95. The lowest BCUT2D eigenvalue weighted by atomic mass is 10.3. The molecule has 0 bridgehead atoms. The van der Waals surface area contributed by atoms with Gasteiger partial charge in [0.05, 0.1) is 12.3 Å². The summed E-state index contributed by atoms with van der Waals surface area (Å²) in [5.41, 5.74) is 6.87. The lowest BCUT2D eigenvalue weighted by Crippen LogP contribution is -2.12. The predicted molar refractivity (Wildman–Crippen MR) is 80.5 cm³/mol. The van der Waals surface area contributed by atoms with Crippen LogP contribution < -0.4 is 15.8 Å². The molecule has 0 saturated carbocycles. The number of thiophene rings is 1. The Morgan fingerprint density at radius 2 is 2.20 bits per heavy atom. The van der Waals surface area contributed by atoms with E-state index in [4.69, 9.17) is 15.2 Å². The Labute approximate surface area is 121 Å². The van der Waals surface area contributed by atoms with Gasteiger partial charge in [0, 0.05) is 18.9 Å². The molecule has 1 aromatic carbocycles. The van der Waals surface area contributed by atoms with Crippen molar-refractivity contribution in [2.45, 2.75) is 0 Å². The fourth-order valence-electron chi connectivity index (χ4n) is 1.60. The van der Waals surface area contributed by atoms with Crippen molar-refractivity contribution in [1.29, 1.82) is 0 Å². The molecule has 5 nitrogen and oxygen atoms in total. The zero-order valence-corrected chi connectivity index (χ0v) is 11.9. The van der Waals surface area contributed by atoms with E-state index in [0.29, 0.717) is 35.2 Å². The maximum absolute atomic E-state index is 12.0. The summed E-state index contributed by atoms with van der Waals surface area (Å²) in [6.45, 7) is 0.980. The van der Waals surface area contributed by atoms with Gasteiger partial charge in [0.2, 0.25) is 0 Å². The Bertz CT molecular complexity index is 583. The molecule has 0 radical (unpaired) electrons. The summed E-state index contributed by atoms with van der Waals surface area (Å²) in [4.78, 5) is 12.5. The summed E-state index contributed by atoms with van der Waals surface area (Å²) in [7, 11) is 1.62. The zero-order chi connectivity index (χ0) is 14.4. The summed E-state index contributed by atoms with van der Waals surface area (Å²) in [6, 6.07) is 8.91. The number of anilines is 2. The highest BCUT2D eigenvalue weighted by atomic mass is 32.1. The largest absolute Gasteiger partial charge is 0.491 e. The van der Waals surface area contributed by atoms with Gasteiger partial charge in [0.25, 0.3) is 5.91 Å².